The lowest BCUT2D eigenvalue weighted by atomic mass is 9.82. The number of fused-ring (bicyclic) bond motifs is 1. The van der Waals surface area contributed by atoms with Crippen molar-refractivity contribution in [2.75, 3.05) is 0 Å². The molecule has 1 heterocycles. The normalized spacial score (nSPS) is 17.6. The molecule has 1 atom stereocenters. The Hall–Kier alpha value is -1.38. The van der Waals surface area contributed by atoms with Crippen LogP contribution in [0.4, 0.5) is 0 Å². The lowest BCUT2D eigenvalue weighted by Gasteiger charge is -2.23. The van der Waals surface area contributed by atoms with E-state index in [-0.39, 0.29) is 11.7 Å². The Morgan fingerprint density at radius 2 is 2.10 bits per heavy atom. The van der Waals surface area contributed by atoms with Gasteiger partial charge in [0.1, 0.15) is 0 Å². The summed E-state index contributed by atoms with van der Waals surface area (Å²) in [6, 6.07) is 8.95. The van der Waals surface area contributed by atoms with Gasteiger partial charge in [-0.05, 0) is 49.1 Å². The Morgan fingerprint density at radius 1 is 1.25 bits per heavy atom. The third kappa shape index (κ3) is 2.46. The van der Waals surface area contributed by atoms with Gasteiger partial charge in [-0.15, -0.1) is 0 Å². The SMILES string of the molecule is O=C(c1cc(Cl)ccc1Cl)C1CCCc2cccnc21. The van der Waals surface area contributed by atoms with E-state index in [0.717, 1.165) is 30.5 Å². The number of hydrogen-bond acceptors (Lipinski definition) is 2. The average molecular weight is 306 g/mol. The molecule has 1 aliphatic rings. The van der Waals surface area contributed by atoms with Crippen LogP contribution in [0.25, 0.3) is 0 Å². The molecule has 0 saturated carbocycles. The van der Waals surface area contributed by atoms with Gasteiger partial charge in [-0.25, -0.2) is 0 Å². The van der Waals surface area contributed by atoms with Crippen LogP contribution in [0.15, 0.2) is 36.5 Å². The number of aryl methyl sites for hydroxylation is 1. The van der Waals surface area contributed by atoms with Crippen LogP contribution in [0.2, 0.25) is 10.0 Å². The number of benzene rings is 1. The largest absolute Gasteiger partial charge is 0.293 e. The molecular weight excluding hydrogens is 293 g/mol. The molecule has 1 aromatic heterocycles. The van der Waals surface area contributed by atoms with Gasteiger partial charge in [0.15, 0.2) is 5.78 Å². The number of ketones is 1. The first-order chi connectivity index (χ1) is 9.66. The highest BCUT2D eigenvalue weighted by Gasteiger charge is 2.29. The summed E-state index contributed by atoms with van der Waals surface area (Å²) in [6.45, 7) is 0. The summed E-state index contributed by atoms with van der Waals surface area (Å²) in [7, 11) is 0. The summed E-state index contributed by atoms with van der Waals surface area (Å²) >= 11 is 12.1. The van der Waals surface area contributed by atoms with Crippen LogP contribution in [-0.2, 0) is 6.42 Å². The highest BCUT2D eigenvalue weighted by atomic mass is 35.5. The smallest absolute Gasteiger partial charge is 0.173 e. The van der Waals surface area contributed by atoms with Crippen molar-refractivity contribution in [3.05, 3.63) is 63.4 Å². The maximum absolute atomic E-state index is 12.8. The molecule has 2 aromatic rings. The number of nitrogens with zero attached hydrogens (tertiary/aromatic N) is 1. The van der Waals surface area contributed by atoms with Gasteiger partial charge >= 0.3 is 0 Å². The molecular formula is C16H13Cl2NO. The van der Waals surface area contributed by atoms with Crippen molar-refractivity contribution >= 4 is 29.0 Å². The van der Waals surface area contributed by atoms with E-state index in [0.29, 0.717) is 15.6 Å². The first kappa shape index (κ1) is 13.6. The number of hydrogen-bond donors (Lipinski definition) is 0. The summed E-state index contributed by atoms with van der Waals surface area (Å²) < 4.78 is 0. The van der Waals surface area contributed by atoms with Crippen molar-refractivity contribution in [1.29, 1.82) is 0 Å². The lowest BCUT2D eigenvalue weighted by molar-refractivity contribution is 0.0949. The Kier molecular flexibility index (Phi) is 3.77. The zero-order valence-electron chi connectivity index (χ0n) is 10.8. The second-order valence-corrected chi connectivity index (χ2v) is 5.82. The molecule has 1 aromatic carbocycles. The summed E-state index contributed by atoms with van der Waals surface area (Å²) in [4.78, 5) is 17.2. The number of halogens is 2. The first-order valence-corrected chi connectivity index (χ1v) is 7.35. The fourth-order valence-electron chi connectivity index (χ4n) is 2.74. The number of Topliss-reactive ketones (excluding diaryl/α,β-unsaturated/α-hetero) is 1. The van der Waals surface area contributed by atoms with Gasteiger partial charge in [-0.2, -0.15) is 0 Å². The summed E-state index contributed by atoms with van der Waals surface area (Å²) in [5.74, 6) is -0.201. The molecule has 3 rings (SSSR count). The molecule has 1 aliphatic carbocycles. The molecule has 0 bridgehead atoms. The van der Waals surface area contributed by atoms with Gasteiger partial charge in [-0.1, -0.05) is 29.3 Å². The van der Waals surface area contributed by atoms with E-state index in [9.17, 15) is 4.79 Å². The van der Waals surface area contributed by atoms with Crippen molar-refractivity contribution in [2.24, 2.45) is 0 Å². The molecule has 20 heavy (non-hydrogen) atoms. The van der Waals surface area contributed by atoms with Gasteiger partial charge in [-0.3, -0.25) is 9.78 Å². The minimum Gasteiger partial charge on any atom is -0.293 e. The first-order valence-electron chi connectivity index (χ1n) is 6.60. The Morgan fingerprint density at radius 3 is 2.95 bits per heavy atom. The van der Waals surface area contributed by atoms with Crippen molar-refractivity contribution < 1.29 is 4.79 Å². The van der Waals surface area contributed by atoms with Gasteiger partial charge in [0.25, 0.3) is 0 Å². The summed E-state index contributed by atoms with van der Waals surface area (Å²) in [5, 5.41) is 0.970. The zero-order chi connectivity index (χ0) is 14.1. The summed E-state index contributed by atoms with van der Waals surface area (Å²) in [6.07, 6.45) is 4.53. The van der Waals surface area contributed by atoms with Gasteiger partial charge in [0.05, 0.1) is 16.6 Å². The molecule has 2 nitrogen and oxygen atoms in total. The van der Waals surface area contributed by atoms with Crippen LogP contribution in [0, 0.1) is 0 Å². The zero-order valence-corrected chi connectivity index (χ0v) is 12.3. The topological polar surface area (TPSA) is 30.0 Å². The molecule has 102 valence electrons. The minimum absolute atomic E-state index is 0.0113. The highest BCUT2D eigenvalue weighted by Crippen LogP contribution is 2.34. The molecule has 1 unspecified atom stereocenters. The summed E-state index contributed by atoms with van der Waals surface area (Å²) in [5.41, 5.74) is 2.54. The van der Waals surface area contributed by atoms with E-state index < -0.39 is 0 Å². The van der Waals surface area contributed by atoms with Crippen LogP contribution in [0.1, 0.15) is 40.4 Å². The molecule has 0 N–H and O–H groups in total. The maximum atomic E-state index is 12.8. The standard InChI is InChI=1S/C16H13Cl2NO/c17-11-6-7-14(18)13(9-11)16(20)12-5-1-3-10-4-2-8-19-15(10)12/h2,4,6-9,12H,1,3,5H2. The highest BCUT2D eigenvalue weighted by molar-refractivity contribution is 6.36. The molecule has 0 fully saturated rings. The van der Waals surface area contributed by atoms with Crippen LogP contribution >= 0.6 is 23.2 Å². The average Bonchev–Trinajstić information content (AvgIpc) is 2.48. The van der Waals surface area contributed by atoms with Crippen LogP contribution in [0.5, 0.6) is 0 Å². The quantitative estimate of drug-likeness (QED) is 0.753. The molecule has 0 saturated heterocycles. The van der Waals surface area contributed by atoms with Crippen LogP contribution in [-0.4, -0.2) is 10.8 Å². The van der Waals surface area contributed by atoms with Crippen molar-refractivity contribution in [1.82, 2.24) is 4.98 Å². The molecule has 0 aliphatic heterocycles. The Balaban J connectivity index is 2.02. The molecule has 4 heteroatoms. The predicted molar refractivity (Wildman–Crippen MR) is 80.7 cm³/mol. The van der Waals surface area contributed by atoms with Crippen molar-refractivity contribution in [3.63, 3.8) is 0 Å². The van der Waals surface area contributed by atoms with Crippen LogP contribution in [0.3, 0.4) is 0 Å². The number of pyridine rings is 1. The van der Waals surface area contributed by atoms with E-state index in [4.69, 9.17) is 23.2 Å². The van der Waals surface area contributed by atoms with Crippen molar-refractivity contribution in [3.8, 4) is 0 Å². The molecule has 0 radical (unpaired) electrons. The number of aromatic nitrogens is 1. The van der Waals surface area contributed by atoms with E-state index in [1.54, 1.807) is 24.4 Å². The number of rotatable bonds is 2. The second-order valence-electron chi connectivity index (χ2n) is 4.98. The molecule has 0 amide bonds. The van der Waals surface area contributed by atoms with Gasteiger partial charge in [0, 0.05) is 16.8 Å². The van der Waals surface area contributed by atoms with Crippen LogP contribution < -0.4 is 0 Å². The fourth-order valence-corrected chi connectivity index (χ4v) is 3.12. The maximum Gasteiger partial charge on any atom is 0.173 e. The minimum atomic E-state index is -0.212. The number of carbonyl (C=O) groups is 1. The predicted octanol–water partition coefficient (Wildman–Crippen LogP) is 4.69. The lowest BCUT2D eigenvalue weighted by Crippen LogP contribution is -2.20. The van der Waals surface area contributed by atoms with E-state index in [1.807, 2.05) is 12.1 Å². The van der Waals surface area contributed by atoms with E-state index >= 15 is 0 Å². The van der Waals surface area contributed by atoms with Gasteiger partial charge in [0.2, 0.25) is 0 Å². The second kappa shape index (κ2) is 5.55. The Labute approximate surface area is 127 Å². The van der Waals surface area contributed by atoms with E-state index in [1.165, 1.54) is 0 Å². The molecule has 0 spiro atoms. The Bertz CT molecular complexity index is 669. The van der Waals surface area contributed by atoms with E-state index in [2.05, 4.69) is 4.98 Å². The number of carbonyl (C=O) groups excluding carboxylic acids is 1. The van der Waals surface area contributed by atoms with Gasteiger partial charge < -0.3 is 0 Å². The monoisotopic (exact) mass is 305 g/mol. The van der Waals surface area contributed by atoms with Crippen molar-refractivity contribution in [2.45, 2.75) is 25.2 Å². The fraction of sp³-hybridized carbons (Fsp3) is 0.250. The third-order valence-electron chi connectivity index (χ3n) is 3.71. The third-order valence-corrected chi connectivity index (χ3v) is 4.27.